The van der Waals surface area contributed by atoms with Gasteiger partial charge >= 0.3 is 6.03 Å². The lowest BCUT2D eigenvalue weighted by Gasteiger charge is -2.23. The normalized spacial score (nSPS) is 14.8. The maximum absolute atomic E-state index is 13.1. The van der Waals surface area contributed by atoms with E-state index in [1.54, 1.807) is 0 Å². The largest absolute Gasteiger partial charge is 0.334 e. The van der Waals surface area contributed by atoms with Crippen LogP contribution in [0, 0.1) is 6.92 Å². The Balaban J connectivity index is 1.45. The van der Waals surface area contributed by atoms with E-state index in [4.69, 9.17) is 0 Å². The average molecular weight is 478 g/mol. The number of amides is 3. The number of urea groups is 1. The SMILES string of the molecule is Cc1cc(NC(=O)NCc2ccc3c(c2)N(C(=O)c2ccccc2)C(C)C3)ccc1Br. The van der Waals surface area contributed by atoms with Crippen molar-refractivity contribution in [2.75, 3.05) is 10.2 Å². The number of hydrogen-bond acceptors (Lipinski definition) is 2. The summed E-state index contributed by atoms with van der Waals surface area (Å²) in [5, 5.41) is 5.75. The summed E-state index contributed by atoms with van der Waals surface area (Å²) in [5.74, 6) is 0.000287. The first-order chi connectivity index (χ1) is 14.9. The van der Waals surface area contributed by atoms with Gasteiger partial charge in [-0.1, -0.05) is 46.3 Å². The van der Waals surface area contributed by atoms with E-state index < -0.39 is 0 Å². The zero-order valence-electron chi connectivity index (χ0n) is 17.5. The molecule has 0 fully saturated rings. The molecule has 1 unspecified atom stereocenters. The summed E-state index contributed by atoms with van der Waals surface area (Å²) in [6.45, 7) is 4.41. The van der Waals surface area contributed by atoms with Gasteiger partial charge in [0.25, 0.3) is 5.91 Å². The number of nitrogens with zero attached hydrogens (tertiary/aromatic N) is 1. The van der Waals surface area contributed by atoms with Gasteiger partial charge < -0.3 is 15.5 Å². The third-order valence-corrected chi connectivity index (χ3v) is 6.36. The molecule has 3 aromatic carbocycles. The van der Waals surface area contributed by atoms with Crippen LogP contribution in [0.5, 0.6) is 0 Å². The molecule has 1 aliphatic rings. The molecule has 0 saturated heterocycles. The Labute approximate surface area is 190 Å². The van der Waals surface area contributed by atoms with Gasteiger partial charge in [-0.05, 0) is 73.4 Å². The summed E-state index contributed by atoms with van der Waals surface area (Å²) in [5.41, 5.74) is 5.48. The average Bonchev–Trinajstić information content (AvgIpc) is 3.10. The van der Waals surface area contributed by atoms with Crippen molar-refractivity contribution in [1.29, 1.82) is 0 Å². The third kappa shape index (κ3) is 4.64. The second kappa shape index (κ2) is 8.94. The molecule has 6 heteroatoms. The van der Waals surface area contributed by atoms with Crippen LogP contribution in [0.2, 0.25) is 0 Å². The first-order valence-corrected chi connectivity index (χ1v) is 11.0. The number of fused-ring (bicyclic) bond motifs is 1. The lowest BCUT2D eigenvalue weighted by Crippen LogP contribution is -2.35. The number of halogens is 1. The van der Waals surface area contributed by atoms with Crippen molar-refractivity contribution < 1.29 is 9.59 Å². The van der Waals surface area contributed by atoms with Crippen molar-refractivity contribution in [1.82, 2.24) is 5.32 Å². The van der Waals surface area contributed by atoms with Crippen LogP contribution in [0.4, 0.5) is 16.2 Å². The van der Waals surface area contributed by atoms with E-state index >= 15 is 0 Å². The number of carbonyl (C=O) groups is 2. The molecule has 0 radical (unpaired) electrons. The highest BCUT2D eigenvalue weighted by Gasteiger charge is 2.31. The van der Waals surface area contributed by atoms with Gasteiger partial charge in [0.15, 0.2) is 0 Å². The van der Waals surface area contributed by atoms with Crippen molar-refractivity contribution in [3.05, 3.63) is 93.5 Å². The van der Waals surface area contributed by atoms with Crippen LogP contribution in [-0.2, 0) is 13.0 Å². The van der Waals surface area contributed by atoms with Crippen molar-refractivity contribution in [2.45, 2.75) is 32.9 Å². The van der Waals surface area contributed by atoms with Crippen LogP contribution in [0.25, 0.3) is 0 Å². The number of benzene rings is 3. The maximum Gasteiger partial charge on any atom is 0.319 e. The number of anilines is 2. The fraction of sp³-hybridized carbons (Fsp3) is 0.200. The van der Waals surface area contributed by atoms with Gasteiger partial charge in [0.2, 0.25) is 0 Å². The van der Waals surface area contributed by atoms with Crippen LogP contribution in [0.1, 0.15) is 34.0 Å². The Hall–Kier alpha value is -3.12. The minimum Gasteiger partial charge on any atom is -0.334 e. The highest BCUT2D eigenvalue weighted by molar-refractivity contribution is 9.10. The Morgan fingerprint density at radius 3 is 2.58 bits per heavy atom. The predicted octanol–water partition coefficient (Wildman–Crippen LogP) is 5.67. The second-order valence-corrected chi connectivity index (χ2v) is 8.68. The molecule has 1 atom stereocenters. The fourth-order valence-electron chi connectivity index (χ4n) is 3.87. The van der Waals surface area contributed by atoms with Crippen LogP contribution in [0.15, 0.2) is 71.2 Å². The molecule has 0 spiro atoms. The summed E-state index contributed by atoms with van der Waals surface area (Å²) in [6, 6.07) is 20.9. The number of nitrogens with one attached hydrogen (secondary N) is 2. The van der Waals surface area contributed by atoms with E-state index in [0.29, 0.717) is 12.1 Å². The Kier molecular flexibility index (Phi) is 6.09. The molecule has 0 saturated carbocycles. The highest BCUT2D eigenvalue weighted by Crippen LogP contribution is 2.34. The molecule has 3 amide bonds. The molecular weight excluding hydrogens is 454 g/mol. The number of aryl methyl sites for hydroxylation is 1. The molecular formula is C25H24BrN3O2. The van der Waals surface area contributed by atoms with E-state index in [0.717, 1.165) is 39.0 Å². The maximum atomic E-state index is 13.1. The van der Waals surface area contributed by atoms with Crippen molar-refractivity contribution >= 4 is 39.2 Å². The van der Waals surface area contributed by atoms with E-state index in [-0.39, 0.29) is 18.0 Å². The van der Waals surface area contributed by atoms with Gasteiger partial charge in [0.05, 0.1) is 0 Å². The van der Waals surface area contributed by atoms with Crippen LogP contribution < -0.4 is 15.5 Å². The van der Waals surface area contributed by atoms with E-state index in [2.05, 4.69) is 39.6 Å². The minimum atomic E-state index is -0.271. The monoisotopic (exact) mass is 477 g/mol. The van der Waals surface area contributed by atoms with Crippen LogP contribution in [-0.4, -0.2) is 18.0 Å². The molecule has 2 N–H and O–H groups in total. The molecule has 0 bridgehead atoms. The van der Waals surface area contributed by atoms with Gasteiger partial charge in [0.1, 0.15) is 0 Å². The smallest absolute Gasteiger partial charge is 0.319 e. The molecule has 4 rings (SSSR count). The summed E-state index contributed by atoms with van der Waals surface area (Å²) in [7, 11) is 0. The fourth-order valence-corrected chi connectivity index (χ4v) is 4.12. The number of rotatable bonds is 4. The van der Waals surface area contributed by atoms with Crippen molar-refractivity contribution in [3.8, 4) is 0 Å². The second-order valence-electron chi connectivity index (χ2n) is 7.83. The van der Waals surface area contributed by atoms with E-state index in [1.165, 1.54) is 0 Å². The first kappa shape index (κ1) is 21.1. The number of hydrogen-bond donors (Lipinski definition) is 2. The third-order valence-electron chi connectivity index (χ3n) is 5.47. The summed E-state index contributed by atoms with van der Waals surface area (Å²) in [6.07, 6.45) is 0.824. The van der Waals surface area contributed by atoms with Gasteiger partial charge in [-0.15, -0.1) is 0 Å². The van der Waals surface area contributed by atoms with E-state index in [1.807, 2.05) is 72.5 Å². The van der Waals surface area contributed by atoms with Crippen LogP contribution in [0.3, 0.4) is 0 Å². The molecule has 1 heterocycles. The lowest BCUT2D eigenvalue weighted by atomic mass is 10.1. The Morgan fingerprint density at radius 1 is 1.06 bits per heavy atom. The zero-order valence-corrected chi connectivity index (χ0v) is 19.1. The van der Waals surface area contributed by atoms with Crippen LogP contribution >= 0.6 is 15.9 Å². The molecule has 31 heavy (non-hydrogen) atoms. The first-order valence-electron chi connectivity index (χ1n) is 10.2. The predicted molar refractivity (Wildman–Crippen MR) is 128 cm³/mol. The topological polar surface area (TPSA) is 61.4 Å². The van der Waals surface area contributed by atoms with E-state index in [9.17, 15) is 9.59 Å². The molecule has 158 valence electrons. The van der Waals surface area contributed by atoms with Crippen molar-refractivity contribution in [3.63, 3.8) is 0 Å². The minimum absolute atomic E-state index is 0.000287. The van der Waals surface area contributed by atoms with Gasteiger partial charge in [-0.3, -0.25) is 4.79 Å². The molecule has 5 nitrogen and oxygen atoms in total. The highest BCUT2D eigenvalue weighted by atomic mass is 79.9. The van der Waals surface area contributed by atoms with Gasteiger partial charge in [-0.25, -0.2) is 4.79 Å². The molecule has 1 aliphatic heterocycles. The summed E-state index contributed by atoms with van der Waals surface area (Å²) >= 11 is 3.46. The summed E-state index contributed by atoms with van der Waals surface area (Å²) < 4.78 is 1.00. The standard InChI is InChI=1S/C25H24BrN3O2/c1-16-12-21(10-11-22(16)26)28-25(31)27-15-18-8-9-20-13-17(2)29(23(20)14-18)24(30)19-6-4-3-5-7-19/h3-12,14,17H,13,15H2,1-2H3,(H2,27,28,31). The molecule has 0 aromatic heterocycles. The quantitative estimate of drug-likeness (QED) is 0.508. The molecule has 0 aliphatic carbocycles. The molecule has 3 aromatic rings. The van der Waals surface area contributed by atoms with Crippen molar-refractivity contribution in [2.24, 2.45) is 0 Å². The van der Waals surface area contributed by atoms with Gasteiger partial charge in [-0.2, -0.15) is 0 Å². The Morgan fingerprint density at radius 2 is 1.84 bits per heavy atom. The zero-order chi connectivity index (χ0) is 22.0. The number of carbonyl (C=O) groups excluding carboxylic acids is 2. The Bertz CT molecular complexity index is 1130. The van der Waals surface area contributed by atoms with Gasteiger partial charge in [0, 0.05) is 34.0 Å². The lowest BCUT2D eigenvalue weighted by molar-refractivity contribution is 0.0981. The summed E-state index contributed by atoms with van der Waals surface area (Å²) in [4.78, 5) is 27.3.